The van der Waals surface area contributed by atoms with Gasteiger partial charge >= 0.3 is 0 Å². The SMILES string of the molecule is CN(CCOc1ccc(F)cc1)C(=O)c1ccc(NC(=O)c2cccs2)cc1. The van der Waals surface area contributed by atoms with Crippen molar-refractivity contribution in [3.8, 4) is 5.75 Å². The van der Waals surface area contributed by atoms with E-state index in [1.807, 2.05) is 11.4 Å². The Hall–Kier alpha value is -3.19. The molecular formula is C21H19FN2O3S. The highest BCUT2D eigenvalue weighted by Gasteiger charge is 2.12. The Morgan fingerprint density at radius 2 is 1.79 bits per heavy atom. The topological polar surface area (TPSA) is 58.6 Å². The van der Waals surface area contributed by atoms with Crippen LogP contribution in [0.2, 0.25) is 0 Å². The summed E-state index contributed by atoms with van der Waals surface area (Å²) in [5.41, 5.74) is 1.13. The van der Waals surface area contributed by atoms with Crippen molar-refractivity contribution >= 4 is 28.8 Å². The number of anilines is 1. The van der Waals surface area contributed by atoms with E-state index in [2.05, 4.69) is 5.32 Å². The highest BCUT2D eigenvalue weighted by Crippen LogP contribution is 2.15. The summed E-state index contributed by atoms with van der Waals surface area (Å²) in [5.74, 6) is -0.106. The number of rotatable bonds is 7. The number of benzene rings is 2. The maximum Gasteiger partial charge on any atom is 0.265 e. The molecule has 1 heterocycles. The normalized spacial score (nSPS) is 10.4. The molecule has 0 atom stereocenters. The largest absolute Gasteiger partial charge is 0.492 e. The quantitative estimate of drug-likeness (QED) is 0.646. The van der Waals surface area contributed by atoms with Gasteiger partial charge in [-0.1, -0.05) is 6.07 Å². The van der Waals surface area contributed by atoms with Crippen LogP contribution in [0.15, 0.2) is 66.0 Å². The maximum absolute atomic E-state index is 12.9. The minimum absolute atomic E-state index is 0.154. The zero-order valence-electron chi connectivity index (χ0n) is 15.2. The smallest absolute Gasteiger partial charge is 0.265 e. The third-order valence-corrected chi connectivity index (χ3v) is 4.86. The number of nitrogens with zero attached hydrogens (tertiary/aromatic N) is 1. The third-order valence-electron chi connectivity index (χ3n) is 3.99. The second kappa shape index (κ2) is 9.14. The predicted molar refractivity (Wildman–Crippen MR) is 108 cm³/mol. The summed E-state index contributed by atoms with van der Waals surface area (Å²) >= 11 is 1.37. The molecular weight excluding hydrogens is 379 g/mol. The number of thiophene rings is 1. The van der Waals surface area contributed by atoms with Gasteiger partial charge in [0.15, 0.2) is 0 Å². The van der Waals surface area contributed by atoms with Crippen LogP contribution in [0.3, 0.4) is 0 Å². The molecule has 0 bridgehead atoms. The van der Waals surface area contributed by atoms with Crippen LogP contribution < -0.4 is 10.1 Å². The van der Waals surface area contributed by atoms with Crippen LogP contribution >= 0.6 is 11.3 Å². The second-order valence-corrected chi connectivity index (χ2v) is 6.99. The first kappa shape index (κ1) is 19.6. The molecule has 7 heteroatoms. The van der Waals surface area contributed by atoms with Gasteiger partial charge in [0.25, 0.3) is 11.8 Å². The lowest BCUT2D eigenvalue weighted by Gasteiger charge is -2.18. The van der Waals surface area contributed by atoms with Gasteiger partial charge in [0.2, 0.25) is 0 Å². The molecule has 2 aromatic carbocycles. The average Bonchev–Trinajstić information content (AvgIpc) is 3.24. The van der Waals surface area contributed by atoms with Crippen LogP contribution in [0.1, 0.15) is 20.0 Å². The monoisotopic (exact) mass is 398 g/mol. The molecule has 0 saturated carbocycles. The number of hydrogen-bond acceptors (Lipinski definition) is 4. The van der Waals surface area contributed by atoms with E-state index in [1.54, 1.807) is 54.4 Å². The summed E-state index contributed by atoms with van der Waals surface area (Å²) in [7, 11) is 1.68. The van der Waals surface area contributed by atoms with Crippen molar-refractivity contribution in [3.05, 3.63) is 82.3 Å². The van der Waals surface area contributed by atoms with Gasteiger partial charge < -0.3 is 15.0 Å². The van der Waals surface area contributed by atoms with Crippen LogP contribution in [0.4, 0.5) is 10.1 Å². The summed E-state index contributed by atoms with van der Waals surface area (Å²) in [6, 6.07) is 16.0. The first-order valence-corrected chi connectivity index (χ1v) is 9.49. The lowest BCUT2D eigenvalue weighted by atomic mass is 10.2. The van der Waals surface area contributed by atoms with Gasteiger partial charge in [-0.2, -0.15) is 0 Å². The number of ether oxygens (including phenoxy) is 1. The Kier molecular flexibility index (Phi) is 6.39. The number of amides is 2. The molecule has 1 aromatic heterocycles. The first-order chi connectivity index (χ1) is 13.5. The van der Waals surface area contributed by atoms with Crippen molar-refractivity contribution < 1.29 is 18.7 Å². The van der Waals surface area contributed by atoms with E-state index in [4.69, 9.17) is 4.74 Å². The predicted octanol–water partition coefficient (Wildman–Crippen LogP) is 4.29. The highest BCUT2D eigenvalue weighted by molar-refractivity contribution is 7.12. The molecule has 2 amide bonds. The van der Waals surface area contributed by atoms with E-state index < -0.39 is 0 Å². The van der Waals surface area contributed by atoms with Gasteiger partial charge in [-0.15, -0.1) is 11.3 Å². The fraction of sp³-hybridized carbons (Fsp3) is 0.143. The molecule has 0 radical (unpaired) electrons. The molecule has 0 spiro atoms. The van der Waals surface area contributed by atoms with Crippen molar-refractivity contribution in [2.24, 2.45) is 0 Å². The zero-order valence-corrected chi connectivity index (χ0v) is 16.0. The van der Waals surface area contributed by atoms with Crippen molar-refractivity contribution in [3.63, 3.8) is 0 Å². The van der Waals surface area contributed by atoms with Crippen molar-refractivity contribution in [1.82, 2.24) is 4.90 Å². The summed E-state index contributed by atoms with van der Waals surface area (Å²) < 4.78 is 18.4. The van der Waals surface area contributed by atoms with E-state index in [9.17, 15) is 14.0 Å². The number of hydrogen-bond donors (Lipinski definition) is 1. The lowest BCUT2D eigenvalue weighted by Crippen LogP contribution is -2.30. The molecule has 5 nitrogen and oxygen atoms in total. The Bertz CT molecular complexity index is 925. The van der Waals surface area contributed by atoms with Crippen molar-refractivity contribution in [2.75, 3.05) is 25.5 Å². The maximum atomic E-state index is 12.9. The molecule has 1 N–H and O–H groups in total. The molecule has 0 fully saturated rings. The zero-order chi connectivity index (χ0) is 19.9. The average molecular weight is 398 g/mol. The van der Waals surface area contributed by atoms with E-state index in [-0.39, 0.29) is 17.6 Å². The van der Waals surface area contributed by atoms with Gasteiger partial charge in [0, 0.05) is 18.3 Å². The molecule has 0 aliphatic rings. The van der Waals surface area contributed by atoms with E-state index in [0.29, 0.717) is 35.0 Å². The Labute approximate surface area is 166 Å². The molecule has 144 valence electrons. The molecule has 0 aliphatic carbocycles. The van der Waals surface area contributed by atoms with Gasteiger partial charge in [0.05, 0.1) is 11.4 Å². The summed E-state index contributed by atoms with van der Waals surface area (Å²) in [5, 5.41) is 4.64. The summed E-state index contributed by atoms with van der Waals surface area (Å²) in [6.07, 6.45) is 0. The fourth-order valence-corrected chi connectivity index (χ4v) is 3.07. The molecule has 0 saturated heterocycles. The third kappa shape index (κ3) is 5.17. The number of nitrogens with one attached hydrogen (secondary N) is 1. The van der Waals surface area contributed by atoms with Crippen LogP contribution in [0.25, 0.3) is 0 Å². The minimum atomic E-state index is -0.324. The molecule has 0 unspecified atom stereocenters. The van der Waals surface area contributed by atoms with Crippen LogP contribution in [-0.2, 0) is 0 Å². The minimum Gasteiger partial charge on any atom is -0.492 e. The van der Waals surface area contributed by atoms with Gasteiger partial charge in [-0.3, -0.25) is 9.59 Å². The summed E-state index contributed by atoms with van der Waals surface area (Å²) in [6.45, 7) is 0.676. The van der Waals surface area contributed by atoms with Crippen LogP contribution in [0, 0.1) is 5.82 Å². The van der Waals surface area contributed by atoms with Crippen molar-refractivity contribution in [2.45, 2.75) is 0 Å². The number of halogens is 1. The number of carbonyl (C=O) groups excluding carboxylic acids is 2. The van der Waals surface area contributed by atoms with Crippen LogP contribution in [-0.4, -0.2) is 36.9 Å². The highest BCUT2D eigenvalue weighted by atomic mass is 32.1. The van der Waals surface area contributed by atoms with E-state index >= 15 is 0 Å². The summed E-state index contributed by atoms with van der Waals surface area (Å²) in [4.78, 5) is 26.7. The van der Waals surface area contributed by atoms with Crippen LogP contribution in [0.5, 0.6) is 5.75 Å². The number of carbonyl (C=O) groups is 2. The van der Waals surface area contributed by atoms with E-state index in [1.165, 1.54) is 23.5 Å². The molecule has 0 aliphatic heterocycles. The first-order valence-electron chi connectivity index (χ1n) is 8.61. The number of likely N-dealkylation sites (N-methyl/N-ethyl adjacent to an activating group) is 1. The Balaban J connectivity index is 1.50. The van der Waals surface area contributed by atoms with E-state index in [0.717, 1.165) is 0 Å². The molecule has 3 rings (SSSR count). The Morgan fingerprint density at radius 1 is 1.07 bits per heavy atom. The van der Waals surface area contributed by atoms with Gasteiger partial charge in [-0.25, -0.2) is 4.39 Å². The molecule has 3 aromatic rings. The lowest BCUT2D eigenvalue weighted by molar-refractivity contribution is 0.0773. The molecule has 28 heavy (non-hydrogen) atoms. The van der Waals surface area contributed by atoms with Crippen molar-refractivity contribution in [1.29, 1.82) is 0 Å². The fourth-order valence-electron chi connectivity index (χ4n) is 2.45. The standard InChI is InChI=1S/C21H19FN2O3S/c1-24(12-13-27-18-10-6-16(22)7-11-18)21(26)15-4-8-17(9-5-15)23-20(25)19-3-2-14-28-19/h2-11,14H,12-13H2,1H3,(H,23,25). The second-order valence-electron chi connectivity index (χ2n) is 6.04. The van der Waals surface area contributed by atoms with Gasteiger partial charge in [0.1, 0.15) is 18.2 Å². The van der Waals surface area contributed by atoms with Gasteiger partial charge in [-0.05, 0) is 60.0 Å². The Morgan fingerprint density at radius 3 is 2.43 bits per heavy atom.